The van der Waals surface area contributed by atoms with Crippen molar-refractivity contribution < 1.29 is 24.2 Å². The Balaban J connectivity index is 2.09. The van der Waals surface area contributed by atoms with E-state index in [1.54, 1.807) is 36.4 Å². The number of carboxylic acid groups (broad SMARTS) is 1. The van der Waals surface area contributed by atoms with Gasteiger partial charge in [0.25, 0.3) is 0 Å². The fraction of sp³-hybridized carbons (Fsp3) is 0.190. The van der Waals surface area contributed by atoms with Crippen molar-refractivity contribution in [2.24, 2.45) is 0 Å². The molecule has 0 spiro atoms. The number of fused-ring (bicyclic) bond motifs is 1. The first-order valence-corrected chi connectivity index (χ1v) is 9.05. The van der Waals surface area contributed by atoms with Crippen molar-refractivity contribution in [3.05, 3.63) is 64.4 Å². The van der Waals surface area contributed by atoms with Gasteiger partial charge in [-0.1, -0.05) is 12.1 Å². The van der Waals surface area contributed by atoms with Gasteiger partial charge < -0.3 is 19.9 Å². The van der Waals surface area contributed by atoms with E-state index in [4.69, 9.17) is 9.47 Å². The van der Waals surface area contributed by atoms with Gasteiger partial charge in [0.1, 0.15) is 17.1 Å². The fourth-order valence-corrected chi connectivity index (χ4v) is 2.92. The Labute approximate surface area is 166 Å². The van der Waals surface area contributed by atoms with E-state index < -0.39 is 23.0 Å². The number of aromatic carboxylic acids is 1. The van der Waals surface area contributed by atoms with Gasteiger partial charge in [0.05, 0.1) is 24.4 Å². The second-order valence-electron chi connectivity index (χ2n) is 6.02. The largest absolute Gasteiger partial charge is 0.494 e. The number of pyridine rings is 1. The summed E-state index contributed by atoms with van der Waals surface area (Å²) in [5, 5.41) is 12.2. The minimum Gasteiger partial charge on any atom is -0.494 e. The van der Waals surface area contributed by atoms with E-state index in [1.807, 2.05) is 13.8 Å². The molecule has 2 N–H and O–H groups in total. The summed E-state index contributed by atoms with van der Waals surface area (Å²) in [4.78, 5) is 36.9. The Bertz CT molecular complexity index is 1140. The van der Waals surface area contributed by atoms with Crippen LogP contribution in [0.5, 0.6) is 11.5 Å². The number of carbonyl (C=O) groups is 2. The van der Waals surface area contributed by atoms with E-state index in [0.717, 1.165) is 10.8 Å². The zero-order valence-corrected chi connectivity index (χ0v) is 16.0. The quantitative estimate of drug-likeness (QED) is 0.660. The molecule has 1 aromatic heterocycles. The minimum absolute atomic E-state index is 0.135. The van der Waals surface area contributed by atoms with Crippen molar-refractivity contribution in [3.8, 4) is 11.5 Å². The Hall–Kier alpha value is -3.81. The molecule has 0 fully saturated rings. The molecule has 8 heteroatoms. The van der Waals surface area contributed by atoms with Crippen molar-refractivity contribution in [2.45, 2.75) is 13.8 Å². The zero-order chi connectivity index (χ0) is 21.0. The molecule has 3 aromatic rings. The van der Waals surface area contributed by atoms with Crippen LogP contribution in [0.3, 0.4) is 0 Å². The molecule has 0 aliphatic carbocycles. The molecule has 0 aliphatic rings. The van der Waals surface area contributed by atoms with Gasteiger partial charge in [-0.3, -0.25) is 9.36 Å². The predicted octanol–water partition coefficient (Wildman–Crippen LogP) is 3.58. The van der Waals surface area contributed by atoms with Gasteiger partial charge in [-0.05, 0) is 38.1 Å². The second-order valence-corrected chi connectivity index (χ2v) is 6.02. The van der Waals surface area contributed by atoms with E-state index in [1.165, 1.54) is 6.07 Å². The summed E-state index contributed by atoms with van der Waals surface area (Å²) >= 11 is 0. The number of benzene rings is 2. The van der Waals surface area contributed by atoms with Crippen LogP contribution in [-0.4, -0.2) is 34.9 Å². The highest BCUT2D eigenvalue weighted by atomic mass is 16.5. The van der Waals surface area contributed by atoms with Crippen LogP contribution in [0.4, 0.5) is 10.5 Å². The van der Waals surface area contributed by atoms with Gasteiger partial charge in [0.15, 0.2) is 0 Å². The molecular formula is C21H20N2O6. The van der Waals surface area contributed by atoms with Gasteiger partial charge in [0, 0.05) is 17.6 Å². The number of rotatable bonds is 6. The number of nitrogens with zero attached hydrogens (tertiary/aromatic N) is 1. The molecule has 2 aromatic carbocycles. The van der Waals surface area contributed by atoms with Crippen molar-refractivity contribution in [3.63, 3.8) is 0 Å². The number of anilines is 1. The summed E-state index contributed by atoms with van der Waals surface area (Å²) in [5.74, 6) is -0.425. The number of hydrogen-bond donors (Lipinski definition) is 2. The highest BCUT2D eigenvalue weighted by Crippen LogP contribution is 2.30. The second kappa shape index (κ2) is 8.47. The van der Waals surface area contributed by atoms with E-state index >= 15 is 0 Å². The van der Waals surface area contributed by atoms with Gasteiger partial charge >= 0.3 is 12.0 Å². The topological polar surface area (TPSA) is 107 Å². The molecule has 0 radical (unpaired) electrons. The summed E-state index contributed by atoms with van der Waals surface area (Å²) in [6, 6.07) is 10.7. The summed E-state index contributed by atoms with van der Waals surface area (Å²) in [7, 11) is 0. The summed E-state index contributed by atoms with van der Waals surface area (Å²) in [6.07, 6.45) is 1.02. The molecule has 0 saturated carbocycles. The number of amides is 1. The third kappa shape index (κ3) is 4.06. The number of para-hydroxylation sites is 1. The first kappa shape index (κ1) is 19.9. The van der Waals surface area contributed by atoms with Crippen molar-refractivity contribution in [1.29, 1.82) is 0 Å². The molecule has 0 saturated heterocycles. The molecular weight excluding hydrogens is 376 g/mol. The van der Waals surface area contributed by atoms with Crippen LogP contribution >= 0.6 is 0 Å². The molecule has 0 aliphatic heterocycles. The molecule has 0 atom stereocenters. The van der Waals surface area contributed by atoms with Gasteiger partial charge in [-0.15, -0.1) is 0 Å². The maximum Gasteiger partial charge on any atom is 0.341 e. The van der Waals surface area contributed by atoms with Crippen molar-refractivity contribution in [1.82, 2.24) is 4.57 Å². The van der Waals surface area contributed by atoms with Crippen LogP contribution in [-0.2, 0) is 0 Å². The number of hydrogen-bond acceptors (Lipinski definition) is 5. The van der Waals surface area contributed by atoms with Crippen LogP contribution in [0.2, 0.25) is 0 Å². The first-order valence-electron chi connectivity index (χ1n) is 9.05. The minimum atomic E-state index is -1.41. The molecule has 3 rings (SSSR count). The predicted molar refractivity (Wildman–Crippen MR) is 108 cm³/mol. The standard InChI is InChI=1S/C21H20N2O6/c1-3-28-13-9-10-18(29-4-2)16(11-13)22-21(27)23-12-15(20(25)26)19(24)14-7-5-6-8-17(14)23/h5-12H,3-4H2,1-2H3,(H,22,27)(H,25,26). The monoisotopic (exact) mass is 396 g/mol. The van der Waals surface area contributed by atoms with Crippen LogP contribution in [0.1, 0.15) is 24.2 Å². The Morgan fingerprint density at radius 2 is 1.79 bits per heavy atom. The Morgan fingerprint density at radius 3 is 2.48 bits per heavy atom. The number of nitrogens with one attached hydrogen (secondary N) is 1. The average molecular weight is 396 g/mol. The fourth-order valence-electron chi connectivity index (χ4n) is 2.92. The summed E-state index contributed by atoms with van der Waals surface area (Å²) < 4.78 is 12.1. The number of carbonyl (C=O) groups excluding carboxylic acids is 1. The Morgan fingerprint density at radius 1 is 1.07 bits per heavy atom. The molecule has 150 valence electrons. The highest BCUT2D eigenvalue weighted by molar-refractivity contribution is 6.01. The maximum absolute atomic E-state index is 13.0. The van der Waals surface area contributed by atoms with Crippen molar-refractivity contribution >= 4 is 28.6 Å². The number of carboxylic acids is 1. The normalized spacial score (nSPS) is 10.6. The van der Waals surface area contributed by atoms with Crippen LogP contribution in [0.25, 0.3) is 10.9 Å². The van der Waals surface area contributed by atoms with E-state index in [0.29, 0.717) is 35.9 Å². The van der Waals surface area contributed by atoms with Crippen LogP contribution < -0.4 is 20.2 Å². The zero-order valence-electron chi connectivity index (χ0n) is 16.0. The maximum atomic E-state index is 13.0. The van der Waals surface area contributed by atoms with E-state index in [-0.39, 0.29) is 5.39 Å². The van der Waals surface area contributed by atoms with Crippen LogP contribution in [0.15, 0.2) is 53.5 Å². The van der Waals surface area contributed by atoms with Crippen molar-refractivity contribution in [2.75, 3.05) is 18.5 Å². The number of aromatic nitrogens is 1. The highest BCUT2D eigenvalue weighted by Gasteiger charge is 2.18. The van der Waals surface area contributed by atoms with Gasteiger partial charge in [0.2, 0.25) is 5.43 Å². The Kier molecular flexibility index (Phi) is 5.82. The lowest BCUT2D eigenvalue weighted by atomic mass is 10.1. The molecule has 8 nitrogen and oxygen atoms in total. The molecule has 1 heterocycles. The number of ether oxygens (including phenoxy) is 2. The van der Waals surface area contributed by atoms with E-state index in [2.05, 4.69) is 5.32 Å². The SMILES string of the molecule is CCOc1ccc(OCC)c(NC(=O)n2cc(C(=O)O)c(=O)c3ccccc32)c1. The third-order valence-electron chi connectivity index (χ3n) is 4.16. The lowest BCUT2D eigenvalue weighted by Crippen LogP contribution is -2.26. The molecule has 1 amide bonds. The molecule has 29 heavy (non-hydrogen) atoms. The summed E-state index contributed by atoms with van der Waals surface area (Å²) in [6.45, 7) is 4.50. The van der Waals surface area contributed by atoms with Gasteiger partial charge in [-0.2, -0.15) is 0 Å². The smallest absolute Gasteiger partial charge is 0.341 e. The third-order valence-corrected chi connectivity index (χ3v) is 4.16. The van der Waals surface area contributed by atoms with E-state index in [9.17, 15) is 19.5 Å². The van der Waals surface area contributed by atoms with Crippen LogP contribution in [0, 0.1) is 0 Å². The lowest BCUT2D eigenvalue weighted by Gasteiger charge is -2.16. The van der Waals surface area contributed by atoms with Gasteiger partial charge in [-0.25, -0.2) is 9.59 Å². The first-order chi connectivity index (χ1) is 14.0. The summed E-state index contributed by atoms with van der Waals surface area (Å²) in [5.41, 5.74) is -0.487. The molecule has 0 unspecified atom stereocenters. The molecule has 0 bridgehead atoms. The lowest BCUT2D eigenvalue weighted by molar-refractivity contribution is 0.0695. The average Bonchev–Trinajstić information content (AvgIpc) is 2.70.